The summed E-state index contributed by atoms with van der Waals surface area (Å²) in [4.78, 5) is 15.4. The van der Waals surface area contributed by atoms with Crippen LogP contribution in [-0.2, 0) is 7.05 Å². The van der Waals surface area contributed by atoms with E-state index in [9.17, 15) is 10.1 Å². The molecule has 1 aliphatic rings. The van der Waals surface area contributed by atoms with Crippen molar-refractivity contribution in [1.29, 1.82) is 0 Å². The van der Waals surface area contributed by atoms with Crippen molar-refractivity contribution in [3.05, 3.63) is 56.7 Å². The first-order valence-electron chi connectivity index (χ1n) is 8.53. The van der Waals surface area contributed by atoms with Crippen molar-refractivity contribution in [2.75, 3.05) is 37.6 Å². The number of aryl methyl sites for hydroxylation is 2. The summed E-state index contributed by atoms with van der Waals surface area (Å²) in [6.45, 7) is 5.73. The van der Waals surface area contributed by atoms with E-state index in [0.717, 1.165) is 43.3 Å². The minimum Gasteiger partial charge on any atom is -0.349 e. The molecule has 7 nitrogen and oxygen atoms in total. The molecule has 1 fully saturated rings. The quantitative estimate of drug-likeness (QED) is 0.593. The summed E-state index contributed by atoms with van der Waals surface area (Å²) in [6, 6.07) is 7.73. The average Bonchev–Trinajstić information content (AvgIpc) is 2.91. The Kier molecular flexibility index (Phi) is 5.58. The molecule has 0 atom stereocenters. The lowest BCUT2D eigenvalue weighted by Gasteiger charge is -2.34. The second-order valence-corrected chi connectivity index (χ2v) is 6.82. The van der Waals surface area contributed by atoms with E-state index in [1.165, 1.54) is 0 Å². The van der Waals surface area contributed by atoms with Crippen LogP contribution < -0.4 is 4.90 Å². The van der Waals surface area contributed by atoms with Crippen LogP contribution in [-0.4, -0.2) is 52.3 Å². The molecular formula is C18H22ClN5O2. The zero-order valence-electron chi connectivity index (χ0n) is 14.9. The maximum absolute atomic E-state index is 11.4. The van der Waals surface area contributed by atoms with Gasteiger partial charge in [-0.05, 0) is 24.6 Å². The highest BCUT2D eigenvalue weighted by Gasteiger charge is 2.30. The number of hydrogen-bond donors (Lipinski definition) is 0. The highest BCUT2D eigenvalue weighted by atomic mass is 35.5. The molecule has 0 unspecified atom stereocenters. The van der Waals surface area contributed by atoms with Crippen LogP contribution in [0.5, 0.6) is 0 Å². The lowest BCUT2D eigenvalue weighted by atomic mass is 10.2. The first-order valence-corrected chi connectivity index (χ1v) is 8.91. The van der Waals surface area contributed by atoms with Crippen LogP contribution in [0.2, 0.25) is 5.02 Å². The first kappa shape index (κ1) is 18.4. The van der Waals surface area contributed by atoms with Gasteiger partial charge in [0.25, 0.3) is 0 Å². The van der Waals surface area contributed by atoms with Crippen LogP contribution in [0, 0.1) is 17.0 Å². The summed E-state index contributed by atoms with van der Waals surface area (Å²) in [5, 5.41) is 16.3. The Morgan fingerprint density at radius 3 is 2.50 bits per heavy atom. The highest BCUT2D eigenvalue weighted by molar-refractivity contribution is 6.30. The van der Waals surface area contributed by atoms with Gasteiger partial charge in [0.1, 0.15) is 5.69 Å². The molecule has 2 aromatic rings. The number of nitro groups is 1. The molecule has 3 rings (SSSR count). The van der Waals surface area contributed by atoms with Crippen molar-refractivity contribution in [3.63, 3.8) is 0 Å². The number of halogens is 1. The fraction of sp³-hybridized carbons (Fsp3) is 0.389. The summed E-state index contributed by atoms with van der Waals surface area (Å²) in [5.41, 5.74) is 1.69. The Morgan fingerprint density at radius 2 is 1.88 bits per heavy atom. The van der Waals surface area contributed by atoms with Gasteiger partial charge in [-0.15, -0.1) is 0 Å². The number of rotatable bonds is 5. The molecule has 0 saturated carbocycles. The lowest BCUT2D eigenvalue weighted by Crippen LogP contribution is -2.47. The van der Waals surface area contributed by atoms with Crippen LogP contribution in [0.4, 0.5) is 11.5 Å². The molecular weight excluding hydrogens is 354 g/mol. The van der Waals surface area contributed by atoms with Crippen LogP contribution in [0.3, 0.4) is 0 Å². The maximum Gasteiger partial charge on any atom is 0.333 e. The van der Waals surface area contributed by atoms with E-state index >= 15 is 0 Å². The normalized spacial score (nSPS) is 15.7. The van der Waals surface area contributed by atoms with Crippen molar-refractivity contribution in [2.45, 2.75) is 6.92 Å². The summed E-state index contributed by atoms with van der Waals surface area (Å²) in [5.74, 6) is 0.601. The summed E-state index contributed by atoms with van der Waals surface area (Å²) < 4.78 is 1.61. The van der Waals surface area contributed by atoms with E-state index in [1.807, 2.05) is 24.3 Å². The van der Waals surface area contributed by atoms with E-state index in [1.54, 1.807) is 18.7 Å². The molecule has 138 valence electrons. The third kappa shape index (κ3) is 4.05. The van der Waals surface area contributed by atoms with Gasteiger partial charge in [-0.25, -0.2) is 4.68 Å². The van der Waals surface area contributed by atoms with Gasteiger partial charge in [0.05, 0.1) is 4.92 Å². The highest BCUT2D eigenvalue weighted by Crippen LogP contribution is 2.31. The smallest absolute Gasteiger partial charge is 0.333 e. The molecule has 0 spiro atoms. The molecule has 0 N–H and O–H groups in total. The Balaban J connectivity index is 1.58. The molecule has 1 saturated heterocycles. The predicted octanol–water partition coefficient (Wildman–Crippen LogP) is 3.13. The van der Waals surface area contributed by atoms with Crippen molar-refractivity contribution in [1.82, 2.24) is 14.7 Å². The predicted molar refractivity (Wildman–Crippen MR) is 104 cm³/mol. The Labute approximate surface area is 157 Å². The average molecular weight is 376 g/mol. The van der Waals surface area contributed by atoms with Crippen molar-refractivity contribution < 1.29 is 4.92 Å². The fourth-order valence-corrected chi connectivity index (χ4v) is 3.38. The number of benzene rings is 1. The SMILES string of the molecule is Cc1nn(C)c(N2CCN(CC=Cc3ccc(Cl)cc3)CC2)c1[N+](=O)[O-]. The summed E-state index contributed by atoms with van der Waals surface area (Å²) in [7, 11) is 1.76. The van der Waals surface area contributed by atoms with E-state index in [2.05, 4.69) is 27.1 Å². The molecule has 1 aromatic carbocycles. The van der Waals surface area contributed by atoms with Gasteiger partial charge in [-0.3, -0.25) is 15.0 Å². The minimum absolute atomic E-state index is 0.114. The molecule has 1 aliphatic heterocycles. The zero-order valence-corrected chi connectivity index (χ0v) is 15.7. The Morgan fingerprint density at radius 1 is 1.23 bits per heavy atom. The molecule has 0 amide bonds. The number of nitrogens with zero attached hydrogens (tertiary/aromatic N) is 5. The molecule has 8 heteroatoms. The van der Waals surface area contributed by atoms with Crippen LogP contribution >= 0.6 is 11.6 Å². The van der Waals surface area contributed by atoms with Crippen molar-refractivity contribution >= 4 is 29.2 Å². The number of hydrogen-bond acceptors (Lipinski definition) is 5. The zero-order chi connectivity index (χ0) is 18.7. The summed E-state index contributed by atoms with van der Waals surface area (Å²) >= 11 is 5.89. The minimum atomic E-state index is -0.334. The fourth-order valence-electron chi connectivity index (χ4n) is 3.26. The third-order valence-electron chi connectivity index (χ3n) is 4.56. The molecule has 26 heavy (non-hydrogen) atoms. The topological polar surface area (TPSA) is 67.4 Å². The van der Waals surface area contributed by atoms with Gasteiger partial charge >= 0.3 is 5.69 Å². The third-order valence-corrected chi connectivity index (χ3v) is 4.81. The standard InChI is InChI=1S/C18H22ClN5O2/c1-14-17(24(25)26)18(21(2)20-14)23-12-10-22(11-13-23)9-3-4-15-5-7-16(19)8-6-15/h3-8H,9-13H2,1-2H3. The van der Waals surface area contributed by atoms with Gasteiger partial charge in [0.2, 0.25) is 5.82 Å². The van der Waals surface area contributed by atoms with E-state index in [0.29, 0.717) is 11.5 Å². The number of piperazine rings is 1. The van der Waals surface area contributed by atoms with Crippen LogP contribution in [0.15, 0.2) is 30.3 Å². The van der Waals surface area contributed by atoms with Gasteiger partial charge < -0.3 is 4.90 Å². The summed E-state index contributed by atoms with van der Waals surface area (Å²) in [6.07, 6.45) is 4.22. The van der Waals surface area contributed by atoms with Crippen molar-refractivity contribution in [2.24, 2.45) is 7.05 Å². The Bertz CT molecular complexity index is 808. The van der Waals surface area contributed by atoms with E-state index < -0.39 is 0 Å². The second kappa shape index (κ2) is 7.88. The number of anilines is 1. The van der Waals surface area contributed by atoms with Crippen LogP contribution in [0.25, 0.3) is 6.08 Å². The second-order valence-electron chi connectivity index (χ2n) is 6.38. The van der Waals surface area contributed by atoms with Crippen molar-refractivity contribution in [3.8, 4) is 0 Å². The van der Waals surface area contributed by atoms with E-state index in [4.69, 9.17) is 11.6 Å². The first-order chi connectivity index (χ1) is 12.5. The molecule has 0 radical (unpaired) electrons. The molecule has 0 bridgehead atoms. The van der Waals surface area contributed by atoms with Gasteiger partial charge in [0, 0.05) is 44.8 Å². The molecule has 2 heterocycles. The van der Waals surface area contributed by atoms with Gasteiger partial charge in [-0.2, -0.15) is 5.10 Å². The largest absolute Gasteiger partial charge is 0.349 e. The Hall–Kier alpha value is -2.38. The van der Waals surface area contributed by atoms with Crippen LogP contribution in [0.1, 0.15) is 11.3 Å². The molecule has 1 aromatic heterocycles. The number of aromatic nitrogens is 2. The van der Waals surface area contributed by atoms with Gasteiger partial charge in [-0.1, -0.05) is 35.9 Å². The lowest BCUT2D eigenvalue weighted by molar-refractivity contribution is -0.384. The maximum atomic E-state index is 11.4. The molecule has 0 aliphatic carbocycles. The van der Waals surface area contributed by atoms with E-state index in [-0.39, 0.29) is 10.6 Å². The monoisotopic (exact) mass is 375 g/mol. The van der Waals surface area contributed by atoms with Gasteiger partial charge in [0.15, 0.2) is 0 Å².